The first kappa shape index (κ1) is 15.1. The molecule has 102 valence electrons. The summed E-state index contributed by atoms with van der Waals surface area (Å²) in [5, 5.41) is 28.0. The van der Waals surface area contributed by atoms with Crippen LogP contribution in [0.3, 0.4) is 0 Å². The number of benzene rings is 1. The number of rotatable bonds is 7. The number of hydrogen-bond acceptors (Lipinski definition) is 4. The standard InChI is InChI=1S/C14H23NO3/c1-11-3-4-13(9-12(11)2)14(18)10-15(5-7-16)6-8-17/h3-4,9,14,16-18H,5-8,10H2,1-2H3. The summed E-state index contributed by atoms with van der Waals surface area (Å²) in [6, 6.07) is 5.90. The van der Waals surface area contributed by atoms with Gasteiger partial charge >= 0.3 is 0 Å². The zero-order chi connectivity index (χ0) is 13.5. The molecule has 0 saturated heterocycles. The van der Waals surface area contributed by atoms with Gasteiger partial charge in [-0.15, -0.1) is 0 Å². The molecule has 1 unspecified atom stereocenters. The van der Waals surface area contributed by atoms with Gasteiger partial charge in [0.05, 0.1) is 19.3 Å². The fourth-order valence-corrected chi connectivity index (χ4v) is 1.90. The maximum atomic E-state index is 10.2. The second-order valence-electron chi connectivity index (χ2n) is 4.61. The monoisotopic (exact) mass is 253 g/mol. The number of aryl methyl sites for hydroxylation is 2. The average molecular weight is 253 g/mol. The summed E-state index contributed by atoms with van der Waals surface area (Å²) >= 11 is 0. The summed E-state index contributed by atoms with van der Waals surface area (Å²) in [5.74, 6) is 0. The third-order valence-corrected chi connectivity index (χ3v) is 3.18. The lowest BCUT2D eigenvalue weighted by molar-refractivity contribution is 0.0874. The van der Waals surface area contributed by atoms with Crippen molar-refractivity contribution in [1.82, 2.24) is 4.90 Å². The van der Waals surface area contributed by atoms with E-state index in [1.165, 1.54) is 5.56 Å². The summed E-state index contributed by atoms with van der Waals surface area (Å²) in [5.41, 5.74) is 3.23. The van der Waals surface area contributed by atoms with E-state index in [0.29, 0.717) is 19.6 Å². The number of aliphatic hydroxyl groups is 3. The second-order valence-corrected chi connectivity index (χ2v) is 4.61. The van der Waals surface area contributed by atoms with E-state index in [9.17, 15) is 5.11 Å². The Hall–Kier alpha value is -0.940. The van der Waals surface area contributed by atoms with Gasteiger partial charge in [0.2, 0.25) is 0 Å². The molecular weight excluding hydrogens is 230 g/mol. The van der Waals surface area contributed by atoms with E-state index < -0.39 is 6.10 Å². The van der Waals surface area contributed by atoms with Gasteiger partial charge in [-0.25, -0.2) is 0 Å². The Labute approximate surface area is 108 Å². The van der Waals surface area contributed by atoms with Crippen molar-refractivity contribution < 1.29 is 15.3 Å². The summed E-state index contributed by atoms with van der Waals surface area (Å²) in [6.45, 7) is 5.45. The first-order chi connectivity index (χ1) is 8.58. The summed E-state index contributed by atoms with van der Waals surface area (Å²) in [7, 11) is 0. The molecule has 0 fully saturated rings. The first-order valence-corrected chi connectivity index (χ1v) is 6.27. The third-order valence-electron chi connectivity index (χ3n) is 3.18. The van der Waals surface area contributed by atoms with Crippen molar-refractivity contribution in [2.75, 3.05) is 32.8 Å². The highest BCUT2D eigenvalue weighted by Gasteiger charge is 2.13. The predicted molar refractivity (Wildman–Crippen MR) is 71.5 cm³/mol. The van der Waals surface area contributed by atoms with Gasteiger partial charge in [0, 0.05) is 19.6 Å². The minimum atomic E-state index is -0.595. The normalized spacial score (nSPS) is 13.0. The molecule has 0 aliphatic rings. The molecule has 0 aromatic heterocycles. The van der Waals surface area contributed by atoms with Crippen LogP contribution in [0.4, 0.5) is 0 Å². The van der Waals surface area contributed by atoms with Crippen LogP contribution in [0.15, 0.2) is 18.2 Å². The lowest BCUT2D eigenvalue weighted by Gasteiger charge is -2.23. The van der Waals surface area contributed by atoms with Gasteiger partial charge in [0.1, 0.15) is 0 Å². The van der Waals surface area contributed by atoms with Crippen molar-refractivity contribution in [3.63, 3.8) is 0 Å². The molecule has 4 nitrogen and oxygen atoms in total. The van der Waals surface area contributed by atoms with Gasteiger partial charge in [-0.3, -0.25) is 4.90 Å². The highest BCUT2D eigenvalue weighted by molar-refractivity contribution is 5.31. The molecule has 1 atom stereocenters. The molecule has 0 amide bonds. The van der Waals surface area contributed by atoms with Crippen LogP contribution in [0.1, 0.15) is 22.8 Å². The highest BCUT2D eigenvalue weighted by atomic mass is 16.3. The molecule has 1 rings (SSSR count). The Bertz CT molecular complexity index is 362. The van der Waals surface area contributed by atoms with Crippen molar-refractivity contribution in [3.05, 3.63) is 34.9 Å². The number of aliphatic hydroxyl groups excluding tert-OH is 3. The third kappa shape index (κ3) is 4.38. The zero-order valence-electron chi connectivity index (χ0n) is 11.1. The van der Waals surface area contributed by atoms with Gasteiger partial charge < -0.3 is 15.3 Å². The van der Waals surface area contributed by atoms with Gasteiger partial charge in [0.25, 0.3) is 0 Å². The van der Waals surface area contributed by atoms with Gasteiger partial charge in [-0.05, 0) is 30.5 Å². The van der Waals surface area contributed by atoms with E-state index in [1.54, 1.807) is 0 Å². The minimum absolute atomic E-state index is 0.0274. The van der Waals surface area contributed by atoms with Crippen LogP contribution in [0.2, 0.25) is 0 Å². The molecule has 4 heteroatoms. The summed E-state index contributed by atoms with van der Waals surface area (Å²) in [4.78, 5) is 1.85. The largest absolute Gasteiger partial charge is 0.395 e. The van der Waals surface area contributed by atoms with Crippen molar-refractivity contribution in [2.45, 2.75) is 20.0 Å². The molecule has 0 heterocycles. The van der Waals surface area contributed by atoms with E-state index in [-0.39, 0.29) is 13.2 Å². The molecule has 0 aliphatic carbocycles. The van der Waals surface area contributed by atoms with Crippen molar-refractivity contribution in [3.8, 4) is 0 Å². The van der Waals surface area contributed by atoms with Crippen LogP contribution in [-0.4, -0.2) is 53.1 Å². The Kier molecular flexibility index (Phi) is 6.29. The average Bonchev–Trinajstić information content (AvgIpc) is 2.33. The lowest BCUT2D eigenvalue weighted by Crippen LogP contribution is -2.33. The molecule has 0 aliphatic heterocycles. The van der Waals surface area contributed by atoms with E-state index in [1.807, 2.05) is 36.9 Å². The van der Waals surface area contributed by atoms with E-state index in [2.05, 4.69) is 0 Å². The molecule has 0 saturated carbocycles. The fraction of sp³-hybridized carbons (Fsp3) is 0.571. The summed E-state index contributed by atoms with van der Waals surface area (Å²) < 4.78 is 0. The van der Waals surface area contributed by atoms with Crippen LogP contribution >= 0.6 is 0 Å². The molecular formula is C14H23NO3. The molecule has 18 heavy (non-hydrogen) atoms. The first-order valence-electron chi connectivity index (χ1n) is 6.27. The van der Waals surface area contributed by atoms with Crippen molar-refractivity contribution in [2.24, 2.45) is 0 Å². The Balaban J connectivity index is 2.67. The van der Waals surface area contributed by atoms with E-state index in [0.717, 1.165) is 11.1 Å². The van der Waals surface area contributed by atoms with Crippen LogP contribution in [-0.2, 0) is 0 Å². The van der Waals surface area contributed by atoms with Crippen LogP contribution < -0.4 is 0 Å². The minimum Gasteiger partial charge on any atom is -0.395 e. The quantitative estimate of drug-likeness (QED) is 0.667. The molecule has 0 bridgehead atoms. The molecule has 0 radical (unpaired) electrons. The van der Waals surface area contributed by atoms with Gasteiger partial charge in [-0.1, -0.05) is 18.2 Å². The van der Waals surface area contributed by atoms with Crippen molar-refractivity contribution >= 4 is 0 Å². The molecule has 1 aromatic rings. The van der Waals surface area contributed by atoms with Crippen LogP contribution in [0.5, 0.6) is 0 Å². The highest BCUT2D eigenvalue weighted by Crippen LogP contribution is 2.18. The fourth-order valence-electron chi connectivity index (χ4n) is 1.90. The maximum Gasteiger partial charge on any atom is 0.0917 e. The van der Waals surface area contributed by atoms with Gasteiger partial charge in [-0.2, -0.15) is 0 Å². The smallest absolute Gasteiger partial charge is 0.0917 e. The predicted octanol–water partition coefficient (Wildman–Crippen LogP) is 0.623. The van der Waals surface area contributed by atoms with E-state index in [4.69, 9.17) is 10.2 Å². The second kappa shape index (κ2) is 7.48. The summed E-state index contributed by atoms with van der Waals surface area (Å²) in [6.07, 6.45) is -0.595. The van der Waals surface area contributed by atoms with Crippen molar-refractivity contribution in [1.29, 1.82) is 0 Å². The maximum absolute atomic E-state index is 10.2. The zero-order valence-corrected chi connectivity index (χ0v) is 11.1. The molecule has 1 aromatic carbocycles. The van der Waals surface area contributed by atoms with Crippen LogP contribution in [0, 0.1) is 13.8 Å². The topological polar surface area (TPSA) is 63.9 Å². The Morgan fingerprint density at radius 3 is 2.17 bits per heavy atom. The number of nitrogens with zero attached hydrogens (tertiary/aromatic N) is 1. The number of hydrogen-bond donors (Lipinski definition) is 3. The lowest BCUT2D eigenvalue weighted by atomic mass is 10.0. The van der Waals surface area contributed by atoms with Crippen LogP contribution in [0.25, 0.3) is 0 Å². The van der Waals surface area contributed by atoms with E-state index >= 15 is 0 Å². The Morgan fingerprint density at radius 1 is 1.06 bits per heavy atom. The molecule has 0 spiro atoms. The van der Waals surface area contributed by atoms with Gasteiger partial charge in [0.15, 0.2) is 0 Å². The SMILES string of the molecule is Cc1ccc(C(O)CN(CCO)CCO)cc1C. The Morgan fingerprint density at radius 2 is 1.67 bits per heavy atom. The molecule has 3 N–H and O–H groups in total.